The lowest BCUT2D eigenvalue weighted by atomic mass is 9.99. The molecule has 2 rings (SSSR count). The fourth-order valence-electron chi connectivity index (χ4n) is 2.53. The monoisotopic (exact) mass is 329 g/mol. The number of carbonyl (C=O) groups is 1. The minimum absolute atomic E-state index is 0.0827. The van der Waals surface area contributed by atoms with Gasteiger partial charge in [0.15, 0.2) is 0 Å². The Balaban J connectivity index is 2.04. The van der Waals surface area contributed by atoms with Gasteiger partial charge >= 0.3 is 0 Å². The standard InChI is InChI=1S/C14H17BrClNO/c1-9(10-4-2-3-5-10)17-14(18)12-8-11(15)6-7-13(12)16/h6-10H,2-5H2,1H3,(H,17,18). The lowest BCUT2D eigenvalue weighted by Gasteiger charge is -2.20. The Morgan fingerprint density at radius 1 is 1.44 bits per heavy atom. The molecule has 0 bridgehead atoms. The maximum atomic E-state index is 12.2. The van der Waals surface area contributed by atoms with E-state index in [-0.39, 0.29) is 11.9 Å². The van der Waals surface area contributed by atoms with Gasteiger partial charge in [0.1, 0.15) is 0 Å². The van der Waals surface area contributed by atoms with Gasteiger partial charge in [0, 0.05) is 10.5 Å². The highest BCUT2D eigenvalue weighted by Gasteiger charge is 2.23. The zero-order valence-corrected chi connectivity index (χ0v) is 12.7. The van der Waals surface area contributed by atoms with Gasteiger partial charge in [-0.1, -0.05) is 40.4 Å². The van der Waals surface area contributed by atoms with Crippen LogP contribution in [0.1, 0.15) is 43.0 Å². The minimum atomic E-state index is -0.0827. The summed E-state index contributed by atoms with van der Waals surface area (Å²) in [6.07, 6.45) is 4.99. The van der Waals surface area contributed by atoms with Crippen molar-refractivity contribution in [1.29, 1.82) is 0 Å². The first-order valence-electron chi connectivity index (χ1n) is 6.34. The number of hydrogen-bond donors (Lipinski definition) is 1. The molecule has 0 radical (unpaired) electrons. The molecule has 4 heteroatoms. The van der Waals surface area contributed by atoms with Crippen molar-refractivity contribution < 1.29 is 4.79 Å². The van der Waals surface area contributed by atoms with Crippen LogP contribution in [0.4, 0.5) is 0 Å². The molecule has 0 saturated heterocycles. The fraction of sp³-hybridized carbons (Fsp3) is 0.500. The van der Waals surface area contributed by atoms with Crippen LogP contribution in [0.5, 0.6) is 0 Å². The Bertz CT molecular complexity index is 443. The van der Waals surface area contributed by atoms with Gasteiger partial charge in [-0.15, -0.1) is 0 Å². The Morgan fingerprint density at radius 2 is 2.11 bits per heavy atom. The van der Waals surface area contributed by atoms with E-state index in [0.29, 0.717) is 16.5 Å². The van der Waals surface area contributed by atoms with E-state index in [1.807, 2.05) is 6.07 Å². The number of benzene rings is 1. The second-order valence-electron chi connectivity index (χ2n) is 4.93. The second-order valence-corrected chi connectivity index (χ2v) is 6.25. The van der Waals surface area contributed by atoms with Crippen LogP contribution in [0.25, 0.3) is 0 Å². The van der Waals surface area contributed by atoms with Gasteiger partial charge in [0.05, 0.1) is 10.6 Å². The average molecular weight is 331 g/mol. The third kappa shape index (κ3) is 3.27. The molecule has 1 fully saturated rings. The van der Waals surface area contributed by atoms with Crippen molar-refractivity contribution in [2.24, 2.45) is 5.92 Å². The molecule has 0 spiro atoms. The van der Waals surface area contributed by atoms with E-state index >= 15 is 0 Å². The highest BCUT2D eigenvalue weighted by molar-refractivity contribution is 9.10. The summed E-state index contributed by atoms with van der Waals surface area (Å²) in [6.45, 7) is 2.08. The number of carbonyl (C=O) groups excluding carboxylic acids is 1. The Morgan fingerprint density at radius 3 is 2.78 bits per heavy atom. The summed E-state index contributed by atoms with van der Waals surface area (Å²) in [5.74, 6) is 0.528. The molecular weight excluding hydrogens is 314 g/mol. The smallest absolute Gasteiger partial charge is 0.253 e. The molecular formula is C14H17BrClNO. The summed E-state index contributed by atoms with van der Waals surface area (Å²) in [5, 5.41) is 3.56. The van der Waals surface area contributed by atoms with Crippen LogP contribution in [0.3, 0.4) is 0 Å². The largest absolute Gasteiger partial charge is 0.349 e. The molecule has 1 aliphatic rings. The number of amides is 1. The maximum absolute atomic E-state index is 12.2. The Hall–Kier alpha value is -0.540. The van der Waals surface area contributed by atoms with Gasteiger partial charge in [-0.05, 0) is 43.9 Å². The van der Waals surface area contributed by atoms with Gasteiger partial charge in [-0.25, -0.2) is 0 Å². The third-order valence-electron chi connectivity index (χ3n) is 3.64. The summed E-state index contributed by atoms with van der Waals surface area (Å²) >= 11 is 9.41. The SMILES string of the molecule is CC(NC(=O)c1cc(Br)ccc1Cl)C1CCCC1. The van der Waals surface area contributed by atoms with E-state index in [4.69, 9.17) is 11.6 Å². The van der Waals surface area contributed by atoms with E-state index < -0.39 is 0 Å². The number of halogens is 2. The average Bonchev–Trinajstić information content (AvgIpc) is 2.85. The highest BCUT2D eigenvalue weighted by Crippen LogP contribution is 2.28. The van der Waals surface area contributed by atoms with Crippen molar-refractivity contribution in [3.05, 3.63) is 33.3 Å². The minimum Gasteiger partial charge on any atom is -0.349 e. The summed E-state index contributed by atoms with van der Waals surface area (Å²) in [7, 11) is 0. The van der Waals surface area contributed by atoms with Crippen LogP contribution in [-0.4, -0.2) is 11.9 Å². The van der Waals surface area contributed by atoms with Gasteiger partial charge < -0.3 is 5.32 Å². The van der Waals surface area contributed by atoms with E-state index in [1.165, 1.54) is 25.7 Å². The first-order valence-corrected chi connectivity index (χ1v) is 7.51. The van der Waals surface area contributed by atoms with Crippen LogP contribution in [0, 0.1) is 5.92 Å². The molecule has 1 atom stereocenters. The van der Waals surface area contributed by atoms with Gasteiger partial charge in [0.25, 0.3) is 5.91 Å². The Kier molecular flexibility index (Phi) is 4.68. The highest BCUT2D eigenvalue weighted by atomic mass is 79.9. The van der Waals surface area contributed by atoms with Crippen molar-refractivity contribution >= 4 is 33.4 Å². The molecule has 1 aliphatic carbocycles. The summed E-state index contributed by atoms with van der Waals surface area (Å²) in [6, 6.07) is 5.55. The lowest BCUT2D eigenvalue weighted by molar-refractivity contribution is 0.0927. The number of rotatable bonds is 3. The van der Waals surface area contributed by atoms with Crippen molar-refractivity contribution in [3.8, 4) is 0 Å². The van der Waals surface area contributed by atoms with Crippen LogP contribution in [0.2, 0.25) is 5.02 Å². The Labute approximate surface area is 121 Å². The molecule has 1 N–H and O–H groups in total. The zero-order valence-electron chi connectivity index (χ0n) is 10.4. The van der Waals surface area contributed by atoms with Gasteiger partial charge in [-0.3, -0.25) is 4.79 Å². The predicted molar refractivity (Wildman–Crippen MR) is 78.0 cm³/mol. The molecule has 0 heterocycles. The van der Waals surface area contributed by atoms with Crippen LogP contribution >= 0.6 is 27.5 Å². The van der Waals surface area contributed by atoms with Crippen molar-refractivity contribution in [2.75, 3.05) is 0 Å². The van der Waals surface area contributed by atoms with E-state index in [9.17, 15) is 4.79 Å². The molecule has 1 amide bonds. The van der Waals surface area contributed by atoms with E-state index in [2.05, 4.69) is 28.2 Å². The molecule has 1 aromatic rings. The number of nitrogens with one attached hydrogen (secondary N) is 1. The molecule has 18 heavy (non-hydrogen) atoms. The van der Waals surface area contributed by atoms with Gasteiger partial charge in [0.2, 0.25) is 0 Å². The van der Waals surface area contributed by atoms with Crippen LogP contribution in [0.15, 0.2) is 22.7 Å². The van der Waals surface area contributed by atoms with Crippen molar-refractivity contribution in [3.63, 3.8) is 0 Å². The zero-order chi connectivity index (χ0) is 13.1. The van der Waals surface area contributed by atoms with Crippen LogP contribution in [-0.2, 0) is 0 Å². The van der Waals surface area contributed by atoms with E-state index in [1.54, 1.807) is 12.1 Å². The summed E-state index contributed by atoms with van der Waals surface area (Å²) in [4.78, 5) is 12.2. The topological polar surface area (TPSA) is 29.1 Å². The quantitative estimate of drug-likeness (QED) is 0.874. The molecule has 2 nitrogen and oxygen atoms in total. The van der Waals surface area contributed by atoms with Gasteiger partial charge in [-0.2, -0.15) is 0 Å². The summed E-state index contributed by atoms with van der Waals surface area (Å²) < 4.78 is 0.866. The third-order valence-corrected chi connectivity index (χ3v) is 4.46. The number of hydrogen-bond acceptors (Lipinski definition) is 1. The van der Waals surface area contributed by atoms with Crippen LogP contribution < -0.4 is 5.32 Å². The lowest BCUT2D eigenvalue weighted by Crippen LogP contribution is -2.37. The molecule has 0 aliphatic heterocycles. The fourth-order valence-corrected chi connectivity index (χ4v) is 3.10. The molecule has 1 saturated carbocycles. The first-order chi connectivity index (χ1) is 8.58. The second kappa shape index (κ2) is 6.07. The molecule has 0 aromatic heterocycles. The first kappa shape index (κ1) is 13.9. The molecule has 1 unspecified atom stereocenters. The molecule has 1 aromatic carbocycles. The van der Waals surface area contributed by atoms with Crippen molar-refractivity contribution in [2.45, 2.75) is 38.6 Å². The normalized spacial score (nSPS) is 17.7. The summed E-state index contributed by atoms with van der Waals surface area (Å²) in [5.41, 5.74) is 0.538. The molecule has 98 valence electrons. The maximum Gasteiger partial charge on any atom is 0.253 e. The predicted octanol–water partition coefficient (Wildman–Crippen LogP) is 4.41. The van der Waals surface area contributed by atoms with Crippen molar-refractivity contribution in [1.82, 2.24) is 5.32 Å². The van der Waals surface area contributed by atoms with E-state index in [0.717, 1.165) is 4.47 Å².